The number of phenols is 1. The van der Waals surface area contributed by atoms with E-state index in [9.17, 15) is 9.90 Å². The van der Waals surface area contributed by atoms with E-state index in [0.29, 0.717) is 34.2 Å². The minimum absolute atomic E-state index is 0.134. The molecule has 3 aromatic carbocycles. The summed E-state index contributed by atoms with van der Waals surface area (Å²) in [6, 6.07) is 15.7. The normalized spacial score (nSPS) is 10.9. The van der Waals surface area contributed by atoms with E-state index in [1.165, 1.54) is 6.08 Å². The van der Waals surface area contributed by atoms with E-state index in [4.69, 9.17) is 18.9 Å². The Balaban J connectivity index is 1.87. The summed E-state index contributed by atoms with van der Waals surface area (Å²) in [7, 11) is 6.24. The quantitative estimate of drug-likeness (QED) is 0.334. The van der Waals surface area contributed by atoms with E-state index >= 15 is 0 Å². The average Bonchev–Trinajstić information content (AvgIpc) is 2.85. The molecule has 7 nitrogen and oxygen atoms in total. The summed E-state index contributed by atoms with van der Waals surface area (Å²) in [6.45, 7) is 0. The molecule has 0 aliphatic carbocycles. The first-order chi connectivity index (χ1) is 16.5. The average molecular weight is 462 g/mol. The fraction of sp³-hybridized carbons (Fsp3) is 0.148. The fourth-order valence-corrected chi connectivity index (χ4v) is 3.27. The van der Waals surface area contributed by atoms with Crippen molar-refractivity contribution in [2.45, 2.75) is 0 Å². The number of ether oxygens (including phenoxy) is 4. The van der Waals surface area contributed by atoms with Crippen LogP contribution in [0.25, 0.3) is 18.2 Å². The van der Waals surface area contributed by atoms with Gasteiger partial charge in [0.15, 0.2) is 11.5 Å². The Morgan fingerprint density at radius 1 is 0.794 bits per heavy atom. The topological polar surface area (TPSA) is 86.3 Å². The predicted molar refractivity (Wildman–Crippen MR) is 134 cm³/mol. The lowest BCUT2D eigenvalue weighted by molar-refractivity contribution is -0.111. The summed E-state index contributed by atoms with van der Waals surface area (Å²) in [6.07, 6.45) is 6.78. The third-order valence-electron chi connectivity index (χ3n) is 4.96. The molecule has 34 heavy (non-hydrogen) atoms. The van der Waals surface area contributed by atoms with Gasteiger partial charge in [0.2, 0.25) is 11.7 Å². The van der Waals surface area contributed by atoms with Crippen LogP contribution in [0.5, 0.6) is 28.7 Å². The lowest BCUT2D eigenvalue weighted by atomic mass is 10.1. The zero-order valence-electron chi connectivity index (χ0n) is 19.5. The number of nitrogens with one attached hydrogen (secondary N) is 1. The maximum atomic E-state index is 12.6. The van der Waals surface area contributed by atoms with Crippen molar-refractivity contribution in [1.82, 2.24) is 0 Å². The number of methoxy groups -OCH3 is 4. The van der Waals surface area contributed by atoms with Crippen molar-refractivity contribution in [2.75, 3.05) is 33.8 Å². The maximum Gasteiger partial charge on any atom is 0.248 e. The van der Waals surface area contributed by atoms with Crippen LogP contribution in [0.4, 0.5) is 5.69 Å². The van der Waals surface area contributed by atoms with E-state index in [1.807, 2.05) is 36.4 Å². The molecule has 0 aliphatic heterocycles. The number of amides is 1. The largest absolute Gasteiger partial charge is 0.508 e. The van der Waals surface area contributed by atoms with Crippen molar-refractivity contribution in [3.05, 3.63) is 77.4 Å². The van der Waals surface area contributed by atoms with Crippen molar-refractivity contribution >= 4 is 29.8 Å². The number of aromatic hydroxyl groups is 1. The number of phenolic OH excluding ortho intramolecular Hbond substituents is 1. The summed E-state index contributed by atoms with van der Waals surface area (Å²) in [5, 5.41) is 12.5. The van der Waals surface area contributed by atoms with Gasteiger partial charge in [0, 0.05) is 12.1 Å². The number of carbonyl (C=O) groups is 1. The van der Waals surface area contributed by atoms with E-state index < -0.39 is 0 Å². The Kier molecular flexibility index (Phi) is 8.18. The molecule has 0 heterocycles. The van der Waals surface area contributed by atoms with E-state index in [0.717, 1.165) is 11.1 Å². The molecule has 0 spiro atoms. The number of anilines is 1. The Bertz CT molecular complexity index is 1190. The molecule has 1 amide bonds. The van der Waals surface area contributed by atoms with Crippen LogP contribution in [0, 0.1) is 0 Å². The third kappa shape index (κ3) is 6.10. The van der Waals surface area contributed by atoms with Crippen molar-refractivity contribution in [3.63, 3.8) is 0 Å². The molecule has 2 N–H and O–H groups in total. The molecule has 3 aromatic rings. The highest BCUT2D eigenvalue weighted by Gasteiger charge is 2.12. The third-order valence-corrected chi connectivity index (χ3v) is 4.96. The zero-order chi connectivity index (χ0) is 24.5. The van der Waals surface area contributed by atoms with Gasteiger partial charge in [-0.3, -0.25) is 4.79 Å². The van der Waals surface area contributed by atoms with Crippen LogP contribution < -0.4 is 24.3 Å². The van der Waals surface area contributed by atoms with Gasteiger partial charge in [-0.05, 0) is 59.2 Å². The molecule has 0 atom stereocenters. The second kappa shape index (κ2) is 11.5. The molecule has 0 fully saturated rings. The van der Waals surface area contributed by atoms with E-state index in [-0.39, 0.29) is 11.7 Å². The smallest absolute Gasteiger partial charge is 0.248 e. The van der Waals surface area contributed by atoms with Gasteiger partial charge >= 0.3 is 0 Å². The van der Waals surface area contributed by atoms with Gasteiger partial charge in [-0.1, -0.05) is 24.3 Å². The van der Waals surface area contributed by atoms with Crippen molar-refractivity contribution < 1.29 is 28.8 Å². The Labute approximate surface area is 198 Å². The zero-order valence-corrected chi connectivity index (χ0v) is 19.5. The van der Waals surface area contributed by atoms with Crippen molar-refractivity contribution in [2.24, 2.45) is 0 Å². The fourth-order valence-electron chi connectivity index (χ4n) is 3.27. The van der Waals surface area contributed by atoms with Crippen LogP contribution >= 0.6 is 0 Å². The van der Waals surface area contributed by atoms with Gasteiger partial charge in [-0.25, -0.2) is 0 Å². The van der Waals surface area contributed by atoms with Crippen LogP contribution in [0.3, 0.4) is 0 Å². The maximum absolute atomic E-state index is 12.6. The molecule has 0 aromatic heterocycles. The first kappa shape index (κ1) is 24.3. The lowest BCUT2D eigenvalue weighted by Gasteiger charge is -2.13. The second-order valence-electron chi connectivity index (χ2n) is 7.16. The summed E-state index contributed by atoms with van der Waals surface area (Å²) < 4.78 is 21.5. The second-order valence-corrected chi connectivity index (χ2v) is 7.16. The van der Waals surface area contributed by atoms with Crippen LogP contribution in [0.1, 0.15) is 16.7 Å². The molecule has 0 saturated carbocycles. The molecular formula is C27H27NO6. The van der Waals surface area contributed by atoms with Crippen LogP contribution in [0.2, 0.25) is 0 Å². The van der Waals surface area contributed by atoms with Gasteiger partial charge in [-0.15, -0.1) is 0 Å². The van der Waals surface area contributed by atoms with Crippen molar-refractivity contribution in [1.29, 1.82) is 0 Å². The predicted octanol–water partition coefficient (Wildman–Crippen LogP) is 5.25. The van der Waals surface area contributed by atoms with Gasteiger partial charge < -0.3 is 29.4 Å². The first-order valence-corrected chi connectivity index (χ1v) is 10.4. The Morgan fingerprint density at radius 2 is 1.53 bits per heavy atom. The van der Waals surface area contributed by atoms with E-state index in [1.54, 1.807) is 64.8 Å². The van der Waals surface area contributed by atoms with Gasteiger partial charge in [0.25, 0.3) is 0 Å². The number of hydrogen-bond acceptors (Lipinski definition) is 6. The Morgan fingerprint density at radius 3 is 2.15 bits per heavy atom. The number of carbonyl (C=O) groups excluding carboxylic acids is 1. The molecular weight excluding hydrogens is 434 g/mol. The number of rotatable bonds is 9. The first-order valence-electron chi connectivity index (χ1n) is 10.4. The van der Waals surface area contributed by atoms with Crippen LogP contribution in [0.15, 0.2) is 60.7 Å². The molecule has 3 rings (SSSR count). The van der Waals surface area contributed by atoms with Crippen LogP contribution in [-0.2, 0) is 4.79 Å². The standard InChI is InChI=1S/C27H27NO6/c1-31-22-12-11-20(10-8-19-15-24(32-2)27(34-4)25(16-19)33-3)23(17-22)28-26(30)13-9-18-6-5-7-21(29)14-18/h5-17,29H,1-4H3,(H,28,30)/b10-8+,13-9+. The van der Waals surface area contributed by atoms with Gasteiger partial charge in [-0.2, -0.15) is 0 Å². The molecule has 176 valence electrons. The minimum Gasteiger partial charge on any atom is -0.508 e. The molecule has 0 bridgehead atoms. The summed E-state index contributed by atoms with van der Waals surface area (Å²) in [5.41, 5.74) is 2.89. The lowest BCUT2D eigenvalue weighted by Crippen LogP contribution is -2.09. The SMILES string of the molecule is COc1ccc(/C=C/c2cc(OC)c(OC)c(OC)c2)c(NC(=O)/C=C/c2cccc(O)c2)c1. The molecule has 0 aliphatic rings. The number of hydrogen-bond donors (Lipinski definition) is 2. The van der Waals surface area contributed by atoms with Crippen LogP contribution in [-0.4, -0.2) is 39.5 Å². The monoisotopic (exact) mass is 461 g/mol. The summed E-state index contributed by atoms with van der Waals surface area (Å²) in [5.74, 6) is 2.02. The highest BCUT2D eigenvalue weighted by molar-refractivity contribution is 6.03. The summed E-state index contributed by atoms with van der Waals surface area (Å²) >= 11 is 0. The molecule has 0 saturated heterocycles. The molecule has 0 radical (unpaired) electrons. The highest BCUT2D eigenvalue weighted by atomic mass is 16.5. The highest BCUT2D eigenvalue weighted by Crippen LogP contribution is 2.38. The van der Waals surface area contributed by atoms with Gasteiger partial charge in [0.1, 0.15) is 11.5 Å². The molecule has 0 unspecified atom stereocenters. The number of benzene rings is 3. The molecule has 7 heteroatoms. The Hall–Kier alpha value is -4.39. The summed E-state index contributed by atoms with van der Waals surface area (Å²) in [4.78, 5) is 12.6. The van der Waals surface area contributed by atoms with Crippen molar-refractivity contribution in [3.8, 4) is 28.7 Å². The minimum atomic E-state index is -0.320. The van der Waals surface area contributed by atoms with Gasteiger partial charge in [0.05, 0.1) is 34.1 Å². The van der Waals surface area contributed by atoms with E-state index in [2.05, 4.69) is 5.32 Å².